The maximum absolute atomic E-state index is 12.2. The highest BCUT2D eigenvalue weighted by molar-refractivity contribution is 7.13. The summed E-state index contributed by atoms with van der Waals surface area (Å²) >= 11 is 6.97. The second-order valence-corrected chi connectivity index (χ2v) is 5.44. The van der Waals surface area contributed by atoms with Crippen LogP contribution < -0.4 is 5.56 Å². The number of hydrogen-bond acceptors (Lipinski definition) is 3. The number of aromatic nitrogens is 1. The Morgan fingerprint density at radius 1 is 1.33 bits per heavy atom. The second-order valence-electron chi connectivity index (χ2n) is 4.15. The lowest BCUT2D eigenvalue weighted by atomic mass is 10.2. The first-order valence-corrected chi connectivity index (χ1v) is 6.77. The molecule has 0 aliphatic carbocycles. The van der Waals surface area contributed by atoms with E-state index < -0.39 is 5.24 Å². The zero-order valence-electron chi connectivity index (χ0n) is 10.0. The van der Waals surface area contributed by atoms with Crippen molar-refractivity contribution in [2.24, 2.45) is 0 Å². The van der Waals surface area contributed by atoms with Gasteiger partial charge < -0.3 is 4.57 Å². The fourth-order valence-corrected chi connectivity index (χ4v) is 2.73. The van der Waals surface area contributed by atoms with Crippen LogP contribution in [0.25, 0.3) is 10.6 Å². The summed E-state index contributed by atoms with van der Waals surface area (Å²) in [6, 6.07) is 7.09. The summed E-state index contributed by atoms with van der Waals surface area (Å²) < 4.78 is 1.60. The number of carbonyl (C=O) groups is 1. The quantitative estimate of drug-likeness (QED) is 0.807. The molecule has 94 valence electrons. The molecule has 0 spiro atoms. The van der Waals surface area contributed by atoms with Gasteiger partial charge in [-0.15, -0.1) is 11.3 Å². The number of hydrogen-bond donors (Lipinski definition) is 0. The van der Waals surface area contributed by atoms with Gasteiger partial charge >= 0.3 is 0 Å². The first-order valence-electron chi connectivity index (χ1n) is 5.51. The van der Waals surface area contributed by atoms with Crippen molar-refractivity contribution in [3.8, 4) is 10.6 Å². The predicted molar refractivity (Wildman–Crippen MR) is 74.6 cm³/mol. The van der Waals surface area contributed by atoms with Crippen LogP contribution in [0.15, 0.2) is 34.4 Å². The molecule has 0 aliphatic rings. The van der Waals surface area contributed by atoms with Gasteiger partial charge in [0.25, 0.3) is 10.8 Å². The molecule has 0 unspecified atom stereocenters. The van der Waals surface area contributed by atoms with E-state index >= 15 is 0 Å². The van der Waals surface area contributed by atoms with Crippen LogP contribution >= 0.6 is 22.9 Å². The van der Waals surface area contributed by atoms with Crippen molar-refractivity contribution in [2.75, 3.05) is 0 Å². The van der Waals surface area contributed by atoms with Crippen LogP contribution in [0.3, 0.4) is 0 Å². The molecule has 0 saturated heterocycles. The van der Waals surface area contributed by atoms with E-state index in [1.54, 1.807) is 22.0 Å². The molecule has 0 aromatic carbocycles. The zero-order chi connectivity index (χ0) is 13.3. The molecule has 0 fully saturated rings. The highest BCUT2D eigenvalue weighted by atomic mass is 35.5. The highest BCUT2D eigenvalue weighted by Crippen LogP contribution is 2.26. The molecule has 3 nitrogen and oxygen atoms in total. The number of thiophene rings is 1. The third-order valence-electron chi connectivity index (χ3n) is 2.62. The van der Waals surface area contributed by atoms with Crippen molar-refractivity contribution < 1.29 is 4.79 Å². The molecule has 0 atom stereocenters. The Morgan fingerprint density at radius 2 is 2.06 bits per heavy atom. The normalized spacial score (nSPS) is 10.9. The van der Waals surface area contributed by atoms with Crippen LogP contribution in [0.2, 0.25) is 0 Å². The number of rotatable bonds is 3. The van der Waals surface area contributed by atoms with E-state index in [4.69, 9.17) is 11.6 Å². The average Bonchev–Trinajstić information content (AvgIpc) is 2.80. The fourth-order valence-electron chi connectivity index (χ4n) is 1.84. The summed E-state index contributed by atoms with van der Waals surface area (Å²) in [4.78, 5) is 24.4. The van der Waals surface area contributed by atoms with Crippen molar-refractivity contribution in [2.45, 2.75) is 19.9 Å². The molecule has 5 heteroatoms. The standard InChI is InChI=1S/C13H12ClNO2S/c1-8(2)15-10(11-4-3-7-18-11)6-5-9(12(14)16)13(15)17/h3-8H,1-2H3. The molecular weight excluding hydrogens is 270 g/mol. The number of halogens is 1. The summed E-state index contributed by atoms with van der Waals surface area (Å²) in [5.41, 5.74) is 0.494. The molecule has 2 aromatic heterocycles. The van der Waals surface area contributed by atoms with Crippen molar-refractivity contribution in [1.29, 1.82) is 0 Å². The molecule has 2 heterocycles. The number of pyridine rings is 1. The summed E-state index contributed by atoms with van der Waals surface area (Å²) in [6.07, 6.45) is 0. The monoisotopic (exact) mass is 281 g/mol. The molecule has 0 N–H and O–H groups in total. The van der Waals surface area contributed by atoms with Crippen LogP contribution in [-0.2, 0) is 0 Å². The summed E-state index contributed by atoms with van der Waals surface area (Å²) in [6.45, 7) is 3.81. The summed E-state index contributed by atoms with van der Waals surface area (Å²) in [5.74, 6) is 0. The van der Waals surface area contributed by atoms with Crippen LogP contribution in [0.4, 0.5) is 0 Å². The number of nitrogens with zero attached hydrogens (tertiary/aromatic N) is 1. The SMILES string of the molecule is CC(C)n1c(-c2cccs2)ccc(C(=O)Cl)c1=O. The van der Waals surface area contributed by atoms with E-state index in [0.29, 0.717) is 0 Å². The third kappa shape index (κ3) is 2.26. The maximum atomic E-state index is 12.2. The predicted octanol–water partition coefficient (Wildman–Crippen LogP) is 3.54. The molecule has 0 radical (unpaired) electrons. The summed E-state index contributed by atoms with van der Waals surface area (Å²) in [7, 11) is 0. The van der Waals surface area contributed by atoms with Gasteiger partial charge in [0.2, 0.25) is 0 Å². The van der Waals surface area contributed by atoms with Crippen molar-refractivity contribution >= 4 is 28.2 Å². The minimum absolute atomic E-state index is 0.0191. The van der Waals surface area contributed by atoms with E-state index in [9.17, 15) is 9.59 Å². The molecule has 0 saturated carbocycles. The lowest BCUT2D eigenvalue weighted by Crippen LogP contribution is -2.27. The van der Waals surface area contributed by atoms with Gasteiger partial charge in [-0.05, 0) is 49.0 Å². The van der Waals surface area contributed by atoms with Crippen LogP contribution in [0, 0.1) is 0 Å². The molecule has 0 aliphatic heterocycles. The Kier molecular flexibility index (Phi) is 3.68. The van der Waals surface area contributed by atoms with E-state index in [0.717, 1.165) is 10.6 Å². The van der Waals surface area contributed by atoms with Crippen LogP contribution in [0.5, 0.6) is 0 Å². The smallest absolute Gasteiger partial charge is 0.263 e. The molecule has 2 aromatic rings. The largest absolute Gasteiger partial charge is 0.304 e. The zero-order valence-corrected chi connectivity index (χ0v) is 11.6. The van der Waals surface area contributed by atoms with Crippen molar-refractivity contribution in [3.63, 3.8) is 0 Å². The summed E-state index contributed by atoms with van der Waals surface area (Å²) in [5, 5.41) is 1.23. The van der Waals surface area contributed by atoms with Gasteiger partial charge in [-0.25, -0.2) is 0 Å². The Hall–Kier alpha value is -1.39. The van der Waals surface area contributed by atoms with E-state index in [2.05, 4.69) is 0 Å². The molecule has 2 rings (SSSR count). The van der Waals surface area contributed by atoms with Crippen LogP contribution in [-0.4, -0.2) is 9.81 Å². The Morgan fingerprint density at radius 3 is 2.56 bits per heavy atom. The Balaban J connectivity index is 2.73. The second kappa shape index (κ2) is 5.08. The average molecular weight is 282 g/mol. The van der Waals surface area contributed by atoms with Gasteiger partial charge in [0.05, 0.1) is 16.1 Å². The van der Waals surface area contributed by atoms with Gasteiger partial charge in [-0.1, -0.05) is 6.07 Å². The van der Waals surface area contributed by atoms with E-state index in [-0.39, 0.29) is 17.2 Å². The molecule has 18 heavy (non-hydrogen) atoms. The van der Waals surface area contributed by atoms with E-state index in [1.165, 1.54) is 6.07 Å². The molecule has 0 amide bonds. The number of carbonyl (C=O) groups excluding carboxylic acids is 1. The maximum Gasteiger partial charge on any atom is 0.263 e. The lowest BCUT2D eigenvalue weighted by molar-refractivity contribution is 0.107. The van der Waals surface area contributed by atoms with E-state index in [1.807, 2.05) is 31.4 Å². The first kappa shape index (κ1) is 13.1. The van der Waals surface area contributed by atoms with Gasteiger partial charge in [0.1, 0.15) is 0 Å². The van der Waals surface area contributed by atoms with Crippen molar-refractivity contribution in [1.82, 2.24) is 4.57 Å². The lowest BCUT2D eigenvalue weighted by Gasteiger charge is -2.16. The Bertz CT molecular complexity index is 629. The first-order chi connectivity index (χ1) is 8.52. The molecular formula is C13H12ClNO2S. The Labute approximate surface area is 114 Å². The third-order valence-corrected chi connectivity index (χ3v) is 3.71. The van der Waals surface area contributed by atoms with Crippen LogP contribution in [0.1, 0.15) is 30.2 Å². The van der Waals surface area contributed by atoms with Gasteiger partial charge in [-0.3, -0.25) is 9.59 Å². The minimum Gasteiger partial charge on any atom is -0.304 e. The highest BCUT2D eigenvalue weighted by Gasteiger charge is 2.16. The van der Waals surface area contributed by atoms with Crippen molar-refractivity contribution in [3.05, 3.63) is 45.6 Å². The molecule has 0 bridgehead atoms. The van der Waals surface area contributed by atoms with Gasteiger partial charge in [0, 0.05) is 6.04 Å². The fraction of sp³-hybridized carbons (Fsp3) is 0.231. The minimum atomic E-state index is -0.716. The van der Waals surface area contributed by atoms with Gasteiger partial charge in [0.15, 0.2) is 0 Å². The van der Waals surface area contributed by atoms with Gasteiger partial charge in [-0.2, -0.15) is 0 Å². The topological polar surface area (TPSA) is 39.1 Å².